The fourth-order valence-corrected chi connectivity index (χ4v) is 2.71. The normalized spacial score (nSPS) is 11.5. The minimum Gasteiger partial charge on any atom is -0.206 e. The second-order valence-electron chi connectivity index (χ2n) is 3.17. The highest BCUT2D eigenvalue weighted by atomic mass is 32.1. The number of nitrogens with zero attached hydrogens (tertiary/aromatic N) is 3. The van der Waals surface area contributed by atoms with Crippen LogP contribution in [0.3, 0.4) is 0 Å². The molecule has 70 valence electrons. The zero-order valence-corrected chi connectivity index (χ0v) is 8.58. The van der Waals surface area contributed by atoms with Crippen LogP contribution in [0, 0.1) is 0 Å². The van der Waals surface area contributed by atoms with E-state index in [0.29, 0.717) is 0 Å². The minimum absolute atomic E-state index is 0.973. The van der Waals surface area contributed by atoms with E-state index >= 15 is 0 Å². The number of fused-ring (bicyclic) bond motifs is 3. The van der Waals surface area contributed by atoms with Crippen LogP contribution in [-0.4, -0.2) is 14.6 Å². The van der Waals surface area contributed by atoms with E-state index in [0.717, 1.165) is 11.4 Å². The Kier molecular flexibility index (Phi) is 1.58. The van der Waals surface area contributed by atoms with Gasteiger partial charge in [0.2, 0.25) is 4.96 Å². The van der Waals surface area contributed by atoms with Crippen LogP contribution in [0.25, 0.3) is 15.2 Å². The Morgan fingerprint density at radius 2 is 2.36 bits per heavy atom. The van der Waals surface area contributed by atoms with E-state index in [4.69, 9.17) is 0 Å². The molecule has 0 fully saturated rings. The van der Waals surface area contributed by atoms with Crippen LogP contribution in [0.1, 0.15) is 12.5 Å². The zero-order valence-electron chi connectivity index (χ0n) is 7.77. The van der Waals surface area contributed by atoms with E-state index in [-0.39, 0.29) is 0 Å². The summed E-state index contributed by atoms with van der Waals surface area (Å²) in [7, 11) is 0. The number of rotatable bonds is 1. The molecule has 1 aromatic carbocycles. The van der Waals surface area contributed by atoms with Crippen molar-refractivity contribution in [1.82, 2.24) is 14.6 Å². The number of thiazole rings is 1. The van der Waals surface area contributed by atoms with Crippen molar-refractivity contribution in [3.05, 3.63) is 30.1 Å². The molecule has 0 unspecified atom stereocenters. The fraction of sp³-hybridized carbons (Fsp3) is 0.200. The standard InChI is InChI=1S/C10H9N3S/c1-2-7-4-3-5-8-9(7)13-10(14-8)11-6-12-13/h3-6H,2H2,1H3. The second kappa shape index (κ2) is 2.78. The highest BCUT2D eigenvalue weighted by Gasteiger charge is 2.08. The van der Waals surface area contributed by atoms with Gasteiger partial charge in [-0.2, -0.15) is 5.10 Å². The Hall–Kier alpha value is -1.42. The average molecular weight is 203 g/mol. The molecule has 2 aromatic heterocycles. The second-order valence-corrected chi connectivity index (χ2v) is 4.18. The molecule has 0 saturated carbocycles. The first-order chi connectivity index (χ1) is 6.90. The van der Waals surface area contributed by atoms with Gasteiger partial charge in [0.1, 0.15) is 6.33 Å². The molecule has 2 heterocycles. The lowest BCUT2D eigenvalue weighted by Gasteiger charge is -1.97. The van der Waals surface area contributed by atoms with Crippen molar-refractivity contribution >= 4 is 26.5 Å². The molecule has 0 N–H and O–H groups in total. The molecule has 0 aliphatic carbocycles. The molecular formula is C10H9N3S. The third-order valence-electron chi connectivity index (χ3n) is 2.39. The van der Waals surface area contributed by atoms with Gasteiger partial charge in [-0.25, -0.2) is 9.50 Å². The van der Waals surface area contributed by atoms with E-state index in [9.17, 15) is 0 Å². The molecule has 0 atom stereocenters. The first kappa shape index (κ1) is 7.94. The summed E-state index contributed by atoms with van der Waals surface area (Å²) in [6, 6.07) is 6.36. The summed E-state index contributed by atoms with van der Waals surface area (Å²) >= 11 is 1.69. The number of aryl methyl sites for hydroxylation is 1. The van der Waals surface area contributed by atoms with Crippen molar-refractivity contribution < 1.29 is 0 Å². The molecule has 3 aromatic rings. The Balaban J connectivity index is 2.57. The molecule has 0 saturated heterocycles. The highest BCUT2D eigenvalue weighted by molar-refractivity contribution is 7.23. The molecular weight excluding hydrogens is 194 g/mol. The largest absolute Gasteiger partial charge is 0.213 e. The fourth-order valence-electron chi connectivity index (χ4n) is 1.73. The monoisotopic (exact) mass is 203 g/mol. The van der Waals surface area contributed by atoms with Gasteiger partial charge < -0.3 is 0 Å². The highest BCUT2D eigenvalue weighted by Crippen LogP contribution is 2.27. The molecule has 0 aliphatic rings. The van der Waals surface area contributed by atoms with Gasteiger partial charge in [0.25, 0.3) is 0 Å². The van der Waals surface area contributed by atoms with Gasteiger partial charge in [-0.05, 0) is 18.1 Å². The number of aromatic nitrogens is 3. The Morgan fingerprint density at radius 3 is 3.21 bits per heavy atom. The number of hydrogen-bond donors (Lipinski definition) is 0. The number of para-hydroxylation sites is 1. The van der Waals surface area contributed by atoms with Crippen molar-refractivity contribution in [2.45, 2.75) is 13.3 Å². The topological polar surface area (TPSA) is 30.2 Å². The molecule has 4 heteroatoms. The molecule has 0 aliphatic heterocycles. The SMILES string of the molecule is CCc1cccc2sc3ncnn3c12. The van der Waals surface area contributed by atoms with Crippen molar-refractivity contribution in [1.29, 1.82) is 0 Å². The van der Waals surface area contributed by atoms with E-state index < -0.39 is 0 Å². The van der Waals surface area contributed by atoms with Gasteiger partial charge in [0.05, 0.1) is 10.2 Å². The van der Waals surface area contributed by atoms with E-state index in [1.807, 2.05) is 4.52 Å². The molecule has 0 amide bonds. The van der Waals surface area contributed by atoms with Crippen molar-refractivity contribution in [2.75, 3.05) is 0 Å². The molecule has 0 spiro atoms. The number of hydrogen-bond acceptors (Lipinski definition) is 3. The van der Waals surface area contributed by atoms with Crippen LogP contribution in [0.15, 0.2) is 24.5 Å². The summed E-state index contributed by atoms with van der Waals surface area (Å²) in [4.78, 5) is 5.17. The Morgan fingerprint density at radius 1 is 1.43 bits per heavy atom. The van der Waals surface area contributed by atoms with Crippen molar-refractivity contribution in [3.63, 3.8) is 0 Å². The van der Waals surface area contributed by atoms with Crippen LogP contribution in [-0.2, 0) is 6.42 Å². The molecule has 3 nitrogen and oxygen atoms in total. The van der Waals surface area contributed by atoms with E-state index in [2.05, 4.69) is 35.2 Å². The maximum Gasteiger partial charge on any atom is 0.213 e. The lowest BCUT2D eigenvalue weighted by molar-refractivity contribution is 0.998. The number of benzene rings is 1. The van der Waals surface area contributed by atoms with Gasteiger partial charge in [-0.1, -0.05) is 30.4 Å². The summed E-state index contributed by atoms with van der Waals surface area (Å²) in [5.41, 5.74) is 2.55. The average Bonchev–Trinajstić information content (AvgIpc) is 2.75. The zero-order chi connectivity index (χ0) is 9.54. The van der Waals surface area contributed by atoms with Gasteiger partial charge in [0.15, 0.2) is 0 Å². The van der Waals surface area contributed by atoms with E-state index in [1.54, 1.807) is 17.7 Å². The summed E-state index contributed by atoms with van der Waals surface area (Å²) in [5.74, 6) is 0. The lowest BCUT2D eigenvalue weighted by Crippen LogP contribution is -1.88. The van der Waals surface area contributed by atoms with Crippen molar-refractivity contribution in [3.8, 4) is 0 Å². The van der Waals surface area contributed by atoms with Crippen LogP contribution in [0.5, 0.6) is 0 Å². The first-order valence-electron chi connectivity index (χ1n) is 4.60. The molecule has 3 rings (SSSR count). The van der Waals surface area contributed by atoms with Crippen LogP contribution in [0.4, 0.5) is 0 Å². The Labute approximate surface area is 85.0 Å². The maximum absolute atomic E-state index is 4.23. The van der Waals surface area contributed by atoms with Crippen LogP contribution < -0.4 is 0 Å². The lowest BCUT2D eigenvalue weighted by atomic mass is 10.1. The third kappa shape index (κ3) is 0.915. The summed E-state index contributed by atoms with van der Waals surface area (Å²) < 4.78 is 3.19. The van der Waals surface area contributed by atoms with Gasteiger partial charge in [-0.15, -0.1) is 0 Å². The molecule has 0 bridgehead atoms. The van der Waals surface area contributed by atoms with Gasteiger partial charge in [-0.3, -0.25) is 0 Å². The first-order valence-corrected chi connectivity index (χ1v) is 5.42. The smallest absolute Gasteiger partial charge is 0.206 e. The predicted octanol–water partition coefficient (Wildman–Crippen LogP) is 2.51. The quantitative estimate of drug-likeness (QED) is 0.608. The van der Waals surface area contributed by atoms with Crippen molar-refractivity contribution in [2.24, 2.45) is 0 Å². The van der Waals surface area contributed by atoms with Crippen LogP contribution >= 0.6 is 11.3 Å². The summed E-state index contributed by atoms with van der Waals surface area (Å²) in [6.45, 7) is 2.16. The molecule has 0 radical (unpaired) electrons. The summed E-state index contributed by atoms with van der Waals surface area (Å²) in [6.07, 6.45) is 2.64. The van der Waals surface area contributed by atoms with Gasteiger partial charge in [0, 0.05) is 0 Å². The summed E-state index contributed by atoms with van der Waals surface area (Å²) in [5, 5.41) is 4.23. The van der Waals surface area contributed by atoms with E-state index in [1.165, 1.54) is 15.8 Å². The Bertz CT molecular complexity index is 593. The minimum atomic E-state index is 0.973. The third-order valence-corrected chi connectivity index (χ3v) is 3.40. The van der Waals surface area contributed by atoms with Gasteiger partial charge >= 0.3 is 0 Å². The predicted molar refractivity (Wildman–Crippen MR) is 57.7 cm³/mol. The molecule has 14 heavy (non-hydrogen) atoms. The van der Waals surface area contributed by atoms with Crippen LogP contribution in [0.2, 0.25) is 0 Å². The maximum atomic E-state index is 4.23.